The van der Waals surface area contributed by atoms with Crippen molar-refractivity contribution in [1.82, 2.24) is 0 Å². The van der Waals surface area contributed by atoms with E-state index >= 15 is 0 Å². The average molecular weight is 284 g/mol. The second-order valence-corrected chi connectivity index (χ2v) is 5.50. The molecule has 1 heterocycles. The normalized spacial score (nSPS) is 15.2. The van der Waals surface area contributed by atoms with Crippen LogP contribution in [0.25, 0.3) is 0 Å². The number of rotatable bonds is 2. The van der Waals surface area contributed by atoms with Crippen molar-refractivity contribution in [2.24, 2.45) is 5.73 Å². The zero-order chi connectivity index (χ0) is 15.1. The molecule has 0 bridgehead atoms. The Bertz CT molecular complexity index is 727. The molecule has 0 aliphatic carbocycles. The lowest BCUT2D eigenvalue weighted by molar-refractivity contribution is -0.117. The fourth-order valence-electron chi connectivity index (χ4n) is 2.68. The number of hydrogen-bond donors (Lipinski definition) is 1. The number of nitrogens with zero attached hydrogens (tertiary/aromatic N) is 1. The third kappa shape index (κ3) is 2.32. The average Bonchev–Trinajstić information content (AvgIpc) is 2.76. The molecular formula is C17H17FN2O. The predicted molar refractivity (Wildman–Crippen MR) is 80.7 cm³/mol. The highest BCUT2D eigenvalue weighted by molar-refractivity contribution is 6.00. The zero-order valence-electron chi connectivity index (χ0n) is 12.1. The number of likely N-dealkylation sites (N-methyl/N-ethyl adjacent to an activating group) is 1. The van der Waals surface area contributed by atoms with Crippen molar-refractivity contribution in [3.05, 3.63) is 64.5 Å². The van der Waals surface area contributed by atoms with Crippen LogP contribution < -0.4 is 10.6 Å². The van der Waals surface area contributed by atoms with Crippen LogP contribution in [0.5, 0.6) is 0 Å². The second-order valence-electron chi connectivity index (χ2n) is 5.50. The summed E-state index contributed by atoms with van der Waals surface area (Å²) in [5.74, 6) is -0.170. The minimum absolute atomic E-state index is 0.0806. The molecule has 1 atom stereocenters. The first-order valence-electron chi connectivity index (χ1n) is 6.88. The van der Waals surface area contributed by atoms with Gasteiger partial charge in [-0.1, -0.05) is 24.3 Å². The van der Waals surface area contributed by atoms with E-state index in [0.29, 0.717) is 12.0 Å². The third-order valence-electron chi connectivity index (χ3n) is 4.09. The van der Waals surface area contributed by atoms with E-state index in [1.807, 2.05) is 24.3 Å². The van der Waals surface area contributed by atoms with Gasteiger partial charge in [0.25, 0.3) is 0 Å². The first kappa shape index (κ1) is 13.8. The van der Waals surface area contributed by atoms with Crippen LogP contribution in [0, 0.1) is 12.7 Å². The number of amides is 1. The number of aryl methyl sites for hydroxylation is 1. The van der Waals surface area contributed by atoms with Crippen molar-refractivity contribution in [3.8, 4) is 0 Å². The number of carbonyl (C=O) groups is 1. The molecule has 0 radical (unpaired) electrons. The maximum atomic E-state index is 13.7. The van der Waals surface area contributed by atoms with E-state index in [1.54, 1.807) is 24.9 Å². The maximum absolute atomic E-state index is 13.7. The summed E-state index contributed by atoms with van der Waals surface area (Å²) < 4.78 is 13.7. The van der Waals surface area contributed by atoms with Gasteiger partial charge in [-0.05, 0) is 41.3 Å². The molecule has 2 N–H and O–H groups in total. The van der Waals surface area contributed by atoms with Gasteiger partial charge in [0.15, 0.2) is 0 Å². The van der Waals surface area contributed by atoms with Crippen LogP contribution in [-0.2, 0) is 11.2 Å². The summed E-state index contributed by atoms with van der Waals surface area (Å²) in [5, 5.41) is 0. The van der Waals surface area contributed by atoms with E-state index < -0.39 is 6.04 Å². The monoisotopic (exact) mass is 284 g/mol. The lowest BCUT2D eigenvalue weighted by atomic mass is 9.96. The van der Waals surface area contributed by atoms with E-state index in [2.05, 4.69) is 0 Å². The van der Waals surface area contributed by atoms with Crippen molar-refractivity contribution < 1.29 is 9.18 Å². The fraction of sp³-hybridized carbons (Fsp3) is 0.235. The summed E-state index contributed by atoms with van der Waals surface area (Å²) >= 11 is 0. The molecular weight excluding hydrogens is 267 g/mol. The zero-order valence-corrected chi connectivity index (χ0v) is 12.1. The van der Waals surface area contributed by atoms with Gasteiger partial charge in [0.1, 0.15) is 5.82 Å². The lowest BCUT2D eigenvalue weighted by Crippen LogP contribution is -2.20. The van der Waals surface area contributed by atoms with Crippen LogP contribution in [0.1, 0.15) is 28.3 Å². The van der Waals surface area contributed by atoms with Crippen LogP contribution in [0.3, 0.4) is 0 Å². The Hall–Kier alpha value is -2.20. The van der Waals surface area contributed by atoms with E-state index in [4.69, 9.17) is 5.73 Å². The lowest BCUT2D eigenvalue weighted by Gasteiger charge is -2.15. The number of anilines is 1. The minimum atomic E-state index is -0.397. The van der Waals surface area contributed by atoms with Crippen LogP contribution in [0.4, 0.5) is 10.1 Å². The molecule has 2 aromatic rings. The Morgan fingerprint density at radius 1 is 1.19 bits per heavy atom. The smallest absolute Gasteiger partial charge is 0.231 e. The van der Waals surface area contributed by atoms with Crippen molar-refractivity contribution in [3.63, 3.8) is 0 Å². The van der Waals surface area contributed by atoms with Gasteiger partial charge in [0.05, 0.1) is 12.5 Å². The number of hydrogen-bond acceptors (Lipinski definition) is 2. The largest absolute Gasteiger partial charge is 0.320 e. The molecule has 1 unspecified atom stereocenters. The molecule has 1 aliphatic rings. The van der Waals surface area contributed by atoms with Gasteiger partial charge in [-0.2, -0.15) is 0 Å². The Morgan fingerprint density at radius 3 is 2.57 bits per heavy atom. The molecule has 0 aromatic heterocycles. The molecule has 0 fully saturated rings. The highest BCUT2D eigenvalue weighted by Gasteiger charge is 2.24. The van der Waals surface area contributed by atoms with Crippen molar-refractivity contribution in [2.45, 2.75) is 19.4 Å². The van der Waals surface area contributed by atoms with Crippen LogP contribution >= 0.6 is 0 Å². The topological polar surface area (TPSA) is 46.3 Å². The third-order valence-corrected chi connectivity index (χ3v) is 4.09. The van der Waals surface area contributed by atoms with Crippen LogP contribution in [0.2, 0.25) is 0 Å². The quantitative estimate of drug-likeness (QED) is 0.921. The van der Waals surface area contributed by atoms with Gasteiger partial charge in [0.2, 0.25) is 5.91 Å². The number of carbonyl (C=O) groups excluding carboxylic acids is 1. The Kier molecular flexibility index (Phi) is 3.26. The molecule has 21 heavy (non-hydrogen) atoms. The standard InChI is InChI=1S/C17H17FN2O/c1-10-3-4-12(8-14(10)18)17(19)11-5-6-15-13(7-11)9-16(21)20(15)2/h3-8,17H,9,19H2,1-2H3. The first-order chi connectivity index (χ1) is 9.97. The second kappa shape index (κ2) is 4.97. The van der Waals surface area contributed by atoms with Gasteiger partial charge >= 0.3 is 0 Å². The molecule has 0 saturated carbocycles. The summed E-state index contributed by atoms with van der Waals surface area (Å²) in [6, 6.07) is 10.4. The van der Waals surface area contributed by atoms with Gasteiger partial charge in [-0.15, -0.1) is 0 Å². The summed E-state index contributed by atoms with van der Waals surface area (Å²) in [6.07, 6.45) is 0.397. The molecule has 4 heteroatoms. The molecule has 0 spiro atoms. The van der Waals surface area contributed by atoms with E-state index in [-0.39, 0.29) is 11.7 Å². The minimum Gasteiger partial charge on any atom is -0.320 e. The Balaban J connectivity index is 1.96. The van der Waals surface area contributed by atoms with Gasteiger partial charge in [0, 0.05) is 12.7 Å². The molecule has 1 aliphatic heterocycles. The summed E-state index contributed by atoms with van der Waals surface area (Å²) in [5.41, 5.74) is 10.4. The van der Waals surface area contributed by atoms with Gasteiger partial charge in [-0.3, -0.25) is 4.79 Å². The molecule has 108 valence electrons. The SMILES string of the molecule is Cc1ccc(C(N)c2ccc3c(c2)CC(=O)N3C)cc1F. The van der Waals surface area contributed by atoms with E-state index in [9.17, 15) is 9.18 Å². The maximum Gasteiger partial charge on any atom is 0.231 e. The highest BCUT2D eigenvalue weighted by atomic mass is 19.1. The van der Waals surface area contributed by atoms with E-state index in [1.165, 1.54) is 6.07 Å². The number of halogens is 1. The Labute approximate surface area is 123 Å². The highest BCUT2D eigenvalue weighted by Crippen LogP contribution is 2.31. The van der Waals surface area contributed by atoms with Crippen molar-refractivity contribution in [1.29, 1.82) is 0 Å². The number of nitrogens with two attached hydrogens (primary N) is 1. The summed E-state index contributed by atoms with van der Waals surface area (Å²) in [6.45, 7) is 1.72. The molecule has 3 nitrogen and oxygen atoms in total. The first-order valence-corrected chi connectivity index (χ1v) is 6.88. The van der Waals surface area contributed by atoms with Gasteiger partial charge in [-0.25, -0.2) is 4.39 Å². The Morgan fingerprint density at radius 2 is 1.86 bits per heavy atom. The van der Waals surface area contributed by atoms with Crippen molar-refractivity contribution in [2.75, 3.05) is 11.9 Å². The fourth-order valence-corrected chi connectivity index (χ4v) is 2.68. The summed E-state index contributed by atoms with van der Waals surface area (Å²) in [4.78, 5) is 13.4. The molecule has 3 rings (SSSR count). The predicted octanol–water partition coefficient (Wildman–Crippen LogP) is 2.70. The number of benzene rings is 2. The van der Waals surface area contributed by atoms with Gasteiger partial charge < -0.3 is 10.6 Å². The van der Waals surface area contributed by atoms with Crippen LogP contribution in [-0.4, -0.2) is 13.0 Å². The summed E-state index contributed by atoms with van der Waals surface area (Å²) in [7, 11) is 1.77. The number of fused-ring (bicyclic) bond motifs is 1. The molecule has 2 aromatic carbocycles. The van der Waals surface area contributed by atoms with Crippen molar-refractivity contribution >= 4 is 11.6 Å². The molecule has 0 saturated heterocycles. The van der Waals surface area contributed by atoms with E-state index in [0.717, 1.165) is 22.4 Å². The van der Waals surface area contributed by atoms with Crippen LogP contribution in [0.15, 0.2) is 36.4 Å². The molecule has 1 amide bonds.